The highest BCUT2D eigenvalue weighted by atomic mass is 16.2. The number of hydrogen-bond acceptors (Lipinski definition) is 3. The zero-order valence-electron chi connectivity index (χ0n) is 11.8. The first-order chi connectivity index (χ1) is 8.54. The lowest BCUT2D eigenvalue weighted by Gasteiger charge is -2.38. The van der Waals surface area contributed by atoms with Gasteiger partial charge in [0, 0.05) is 25.0 Å². The Morgan fingerprint density at radius 3 is 2.56 bits per heavy atom. The van der Waals surface area contributed by atoms with Gasteiger partial charge in [-0.3, -0.25) is 4.79 Å². The summed E-state index contributed by atoms with van der Waals surface area (Å²) >= 11 is 0. The SMILES string of the molecule is CNC1(CC(=O)N(C)C(C)CC#N)CCCCC1. The van der Waals surface area contributed by atoms with Crippen molar-refractivity contribution >= 4 is 5.91 Å². The molecule has 1 aliphatic carbocycles. The largest absolute Gasteiger partial charge is 0.342 e. The van der Waals surface area contributed by atoms with Crippen molar-refractivity contribution in [2.75, 3.05) is 14.1 Å². The van der Waals surface area contributed by atoms with Crippen molar-refractivity contribution in [3.63, 3.8) is 0 Å². The Bertz CT molecular complexity index is 315. The van der Waals surface area contributed by atoms with Crippen LogP contribution in [0.5, 0.6) is 0 Å². The molecule has 0 aromatic rings. The maximum absolute atomic E-state index is 12.3. The van der Waals surface area contributed by atoms with Crippen LogP contribution < -0.4 is 5.32 Å². The minimum absolute atomic E-state index is 0.00000307. The Morgan fingerprint density at radius 1 is 1.44 bits per heavy atom. The van der Waals surface area contributed by atoms with Gasteiger partial charge < -0.3 is 10.2 Å². The molecule has 102 valence electrons. The molecule has 1 aliphatic rings. The van der Waals surface area contributed by atoms with Gasteiger partial charge in [0.15, 0.2) is 0 Å². The highest BCUT2D eigenvalue weighted by Gasteiger charge is 2.34. The molecule has 0 spiro atoms. The topological polar surface area (TPSA) is 56.1 Å². The lowest BCUT2D eigenvalue weighted by molar-refractivity contribution is -0.133. The predicted molar refractivity (Wildman–Crippen MR) is 72.0 cm³/mol. The molecular formula is C14H25N3O. The van der Waals surface area contributed by atoms with Gasteiger partial charge in [-0.15, -0.1) is 0 Å². The normalized spacial score (nSPS) is 19.9. The highest BCUT2D eigenvalue weighted by molar-refractivity contribution is 5.77. The molecule has 0 bridgehead atoms. The van der Waals surface area contributed by atoms with Crippen LogP contribution in [0.1, 0.15) is 51.9 Å². The third-order valence-corrected chi connectivity index (χ3v) is 4.27. The molecule has 0 aliphatic heterocycles. The van der Waals surface area contributed by atoms with Crippen molar-refractivity contribution in [3.8, 4) is 6.07 Å². The van der Waals surface area contributed by atoms with E-state index in [1.807, 2.05) is 14.0 Å². The van der Waals surface area contributed by atoms with Gasteiger partial charge in [0.25, 0.3) is 0 Å². The van der Waals surface area contributed by atoms with Gasteiger partial charge in [0.05, 0.1) is 12.5 Å². The van der Waals surface area contributed by atoms with Crippen molar-refractivity contribution in [3.05, 3.63) is 0 Å². The second-order valence-electron chi connectivity index (χ2n) is 5.48. The van der Waals surface area contributed by atoms with Crippen LogP contribution in [-0.4, -0.2) is 36.5 Å². The fraction of sp³-hybridized carbons (Fsp3) is 0.857. The quantitative estimate of drug-likeness (QED) is 0.813. The molecule has 1 atom stereocenters. The summed E-state index contributed by atoms with van der Waals surface area (Å²) in [6.45, 7) is 1.92. The molecule has 1 saturated carbocycles. The van der Waals surface area contributed by atoms with Crippen LogP contribution in [0, 0.1) is 11.3 Å². The molecule has 0 saturated heterocycles. The first-order valence-corrected chi connectivity index (χ1v) is 6.86. The summed E-state index contributed by atoms with van der Waals surface area (Å²) in [5, 5.41) is 12.0. The monoisotopic (exact) mass is 251 g/mol. The summed E-state index contributed by atoms with van der Waals surface area (Å²) in [4.78, 5) is 14.0. The zero-order valence-corrected chi connectivity index (χ0v) is 11.8. The van der Waals surface area contributed by atoms with Crippen LogP contribution in [0.2, 0.25) is 0 Å². The van der Waals surface area contributed by atoms with Crippen LogP contribution >= 0.6 is 0 Å². The molecule has 18 heavy (non-hydrogen) atoms. The standard InChI is InChI=1S/C14H25N3O/c1-12(7-10-15)17(3)13(18)11-14(16-2)8-5-4-6-9-14/h12,16H,4-9,11H2,1-3H3. The van der Waals surface area contributed by atoms with Gasteiger partial charge in [-0.05, 0) is 26.8 Å². The second-order valence-corrected chi connectivity index (χ2v) is 5.48. The Morgan fingerprint density at radius 2 is 2.06 bits per heavy atom. The van der Waals surface area contributed by atoms with E-state index in [9.17, 15) is 4.79 Å². The second kappa shape index (κ2) is 6.75. The number of nitriles is 1. The van der Waals surface area contributed by atoms with Crippen molar-refractivity contribution < 1.29 is 4.79 Å². The minimum Gasteiger partial charge on any atom is -0.342 e. The van der Waals surface area contributed by atoms with Crippen LogP contribution in [0.4, 0.5) is 0 Å². The average Bonchev–Trinajstić information content (AvgIpc) is 2.39. The van der Waals surface area contributed by atoms with E-state index in [0.717, 1.165) is 12.8 Å². The summed E-state index contributed by atoms with van der Waals surface area (Å²) < 4.78 is 0. The van der Waals surface area contributed by atoms with Crippen molar-refractivity contribution in [1.29, 1.82) is 5.26 Å². The smallest absolute Gasteiger partial charge is 0.224 e. The van der Waals surface area contributed by atoms with Gasteiger partial charge in [-0.25, -0.2) is 0 Å². The molecule has 0 heterocycles. The van der Waals surface area contributed by atoms with E-state index in [0.29, 0.717) is 12.8 Å². The Labute approximate surface area is 110 Å². The van der Waals surface area contributed by atoms with Crippen LogP contribution in [0.25, 0.3) is 0 Å². The van der Waals surface area contributed by atoms with E-state index in [4.69, 9.17) is 5.26 Å². The Hall–Kier alpha value is -1.08. The number of nitrogens with zero attached hydrogens (tertiary/aromatic N) is 2. The van der Waals surface area contributed by atoms with Crippen molar-refractivity contribution in [2.45, 2.75) is 63.5 Å². The molecular weight excluding hydrogens is 226 g/mol. The molecule has 0 radical (unpaired) electrons. The summed E-state index contributed by atoms with van der Waals surface area (Å²) in [5.74, 6) is 0.147. The molecule has 4 heteroatoms. The average molecular weight is 251 g/mol. The molecule has 1 unspecified atom stereocenters. The van der Waals surface area contributed by atoms with Gasteiger partial charge in [0.1, 0.15) is 0 Å². The van der Waals surface area contributed by atoms with Gasteiger partial charge >= 0.3 is 0 Å². The third kappa shape index (κ3) is 3.71. The van der Waals surface area contributed by atoms with Gasteiger partial charge in [-0.1, -0.05) is 19.3 Å². The zero-order chi connectivity index (χ0) is 13.6. The number of carbonyl (C=O) groups excluding carboxylic acids is 1. The Balaban J connectivity index is 2.59. The third-order valence-electron chi connectivity index (χ3n) is 4.27. The van der Waals surface area contributed by atoms with E-state index < -0.39 is 0 Å². The molecule has 0 aromatic heterocycles. The van der Waals surface area contributed by atoms with Crippen molar-refractivity contribution in [1.82, 2.24) is 10.2 Å². The summed E-state index contributed by atoms with van der Waals surface area (Å²) in [5.41, 5.74) is -0.0179. The predicted octanol–water partition coefficient (Wildman–Crippen LogP) is 2.06. The maximum Gasteiger partial charge on any atom is 0.224 e. The van der Waals surface area contributed by atoms with E-state index in [1.165, 1.54) is 19.3 Å². The first-order valence-electron chi connectivity index (χ1n) is 6.86. The molecule has 1 amide bonds. The number of rotatable bonds is 5. The van der Waals surface area contributed by atoms with Crippen LogP contribution in [0.15, 0.2) is 0 Å². The number of nitrogens with one attached hydrogen (secondary N) is 1. The van der Waals surface area contributed by atoms with E-state index in [1.54, 1.807) is 11.9 Å². The number of hydrogen-bond donors (Lipinski definition) is 1. The molecule has 1 N–H and O–H groups in total. The van der Waals surface area contributed by atoms with Crippen LogP contribution in [-0.2, 0) is 4.79 Å². The molecule has 0 aromatic carbocycles. The number of carbonyl (C=O) groups is 1. The number of amides is 1. The highest BCUT2D eigenvalue weighted by Crippen LogP contribution is 2.31. The summed E-state index contributed by atoms with van der Waals surface area (Å²) in [6.07, 6.45) is 6.78. The van der Waals surface area contributed by atoms with E-state index in [-0.39, 0.29) is 17.5 Å². The van der Waals surface area contributed by atoms with E-state index in [2.05, 4.69) is 11.4 Å². The fourth-order valence-corrected chi connectivity index (χ4v) is 2.67. The van der Waals surface area contributed by atoms with Crippen LogP contribution in [0.3, 0.4) is 0 Å². The lowest BCUT2D eigenvalue weighted by atomic mass is 9.79. The minimum atomic E-state index is -0.0179. The molecule has 4 nitrogen and oxygen atoms in total. The summed E-state index contributed by atoms with van der Waals surface area (Å²) in [7, 11) is 3.76. The summed E-state index contributed by atoms with van der Waals surface area (Å²) in [6, 6.07) is 2.12. The van der Waals surface area contributed by atoms with Gasteiger partial charge in [-0.2, -0.15) is 5.26 Å². The van der Waals surface area contributed by atoms with Crippen molar-refractivity contribution in [2.24, 2.45) is 0 Å². The molecule has 1 rings (SSSR count). The molecule has 1 fully saturated rings. The lowest BCUT2D eigenvalue weighted by Crippen LogP contribution is -2.49. The first kappa shape index (κ1) is 15.0. The fourth-order valence-electron chi connectivity index (χ4n) is 2.67. The maximum atomic E-state index is 12.3. The Kier molecular flexibility index (Phi) is 5.61. The van der Waals surface area contributed by atoms with Gasteiger partial charge in [0.2, 0.25) is 5.91 Å². The van der Waals surface area contributed by atoms with E-state index >= 15 is 0 Å².